The van der Waals surface area contributed by atoms with Gasteiger partial charge in [-0.1, -0.05) is 12.1 Å². The summed E-state index contributed by atoms with van der Waals surface area (Å²) in [7, 11) is 0. The molecule has 0 radical (unpaired) electrons. The number of nitrogens with one attached hydrogen (secondary N) is 1. The number of ether oxygens (including phenoxy) is 2. The molecule has 5 nitrogen and oxygen atoms in total. The van der Waals surface area contributed by atoms with E-state index in [2.05, 4.69) is 10.1 Å². The zero-order valence-electron chi connectivity index (χ0n) is 13.9. The van der Waals surface area contributed by atoms with Gasteiger partial charge in [-0.3, -0.25) is 4.79 Å². The van der Waals surface area contributed by atoms with Crippen molar-refractivity contribution in [2.45, 2.75) is 50.5 Å². The monoisotopic (exact) mass is 352 g/mol. The molecule has 0 unspecified atom stereocenters. The topological polar surface area (TPSA) is 50.8 Å². The van der Waals surface area contributed by atoms with E-state index in [-0.39, 0.29) is 35.8 Å². The Morgan fingerprint density at radius 2 is 2.12 bits per heavy atom. The van der Waals surface area contributed by atoms with Crippen LogP contribution in [0.1, 0.15) is 25.7 Å². The lowest BCUT2D eigenvalue weighted by molar-refractivity contribution is -0.127. The van der Waals surface area contributed by atoms with Crippen molar-refractivity contribution in [2.24, 2.45) is 5.92 Å². The molecule has 3 saturated heterocycles. The second-order valence-electron chi connectivity index (χ2n) is 7.00. The normalized spacial score (nSPS) is 30.9. The average molecular weight is 352 g/mol. The second kappa shape index (κ2) is 6.78. The maximum Gasteiger partial charge on any atom is 0.387 e. The number of amides is 1. The summed E-state index contributed by atoms with van der Waals surface area (Å²) in [6, 6.07) is 6.80. The number of para-hydroxylation sites is 2. The number of hydrogen-bond donors (Lipinski definition) is 1. The molecule has 7 heteroatoms. The van der Waals surface area contributed by atoms with Crippen LogP contribution in [0.15, 0.2) is 24.3 Å². The fourth-order valence-electron chi connectivity index (χ4n) is 4.23. The van der Waals surface area contributed by atoms with E-state index >= 15 is 0 Å². The predicted molar refractivity (Wildman–Crippen MR) is 87.8 cm³/mol. The lowest BCUT2D eigenvalue weighted by Crippen LogP contribution is -2.43. The quantitative estimate of drug-likeness (QED) is 0.885. The minimum atomic E-state index is -2.85. The number of nitrogens with zero attached hydrogens (tertiary/aromatic N) is 1. The molecule has 0 aliphatic carbocycles. The first-order valence-corrected chi connectivity index (χ1v) is 8.85. The molecule has 0 aromatic heterocycles. The summed E-state index contributed by atoms with van der Waals surface area (Å²) in [5.74, 6) is 0.199. The average Bonchev–Trinajstić information content (AvgIpc) is 3.31. The van der Waals surface area contributed by atoms with Gasteiger partial charge in [-0.25, -0.2) is 0 Å². The molecule has 2 bridgehead atoms. The minimum Gasteiger partial charge on any atom is -0.433 e. The Bertz CT molecular complexity index is 643. The van der Waals surface area contributed by atoms with Gasteiger partial charge in [0, 0.05) is 19.1 Å². The van der Waals surface area contributed by atoms with Crippen molar-refractivity contribution in [3.05, 3.63) is 24.3 Å². The summed E-state index contributed by atoms with van der Waals surface area (Å²) in [4.78, 5) is 14.5. The molecule has 3 fully saturated rings. The van der Waals surface area contributed by atoms with Gasteiger partial charge in [0.15, 0.2) is 0 Å². The van der Waals surface area contributed by atoms with Gasteiger partial charge in [0.2, 0.25) is 5.91 Å². The van der Waals surface area contributed by atoms with Crippen LogP contribution in [0.3, 0.4) is 0 Å². The number of anilines is 1. The molecule has 1 N–H and O–H groups in total. The van der Waals surface area contributed by atoms with Crippen LogP contribution in [0.4, 0.5) is 14.5 Å². The van der Waals surface area contributed by atoms with Gasteiger partial charge in [0.1, 0.15) is 5.75 Å². The Hall–Kier alpha value is -1.89. The number of alkyl halides is 2. The first-order valence-electron chi connectivity index (χ1n) is 8.85. The summed E-state index contributed by atoms with van der Waals surface area (Å²) in [6.07, 6.45) is 3.96. The third-order valence-electron chi connectivity index (χ3n) is 5.40. The van der Waals surface area contributed by atoms with Crippen LogP contribution >= 0.6 is 0 Å². The number of fused-ring (bicyclic) bond motifs is 2. The largest absolute Gasteiger partial charge is 0.433 e. The van der Waals surface area contributed by atoms with Gasteiger partial charge in [-0.05, 0) is 37.8 Å². The highest BCUT2D eigenvalue weighted by atomic mass is 19.3. The summed E-state index contributed by atoms with van der Waals surface area (Å²) in [5, 5.41) is 3.12. The Morgan fingerprint density at radius 3 is 2.84 bits per heavy atom. The predicted octanol–water partition coefficient (Wildman–Crippen LogP) is 2.55. The molecule has 3 aliphatic rings. The van der Waals surface area contributed by atoms with Crippen LogP contribution < -0.4 is 15.0 Å². The van der Waals surface area contributed by atoms with E-state index in [1.807, 2.05) is 4.90 Å². The number of carbonyl (C=O) groups is 1. The Balaban J connectivity index is 1.36. The molecule has 1 amide bonds. The number of carbonyl (C=O) groups excluding carboxylic acids is 1. The smallest absolute Gasteiger partial charge is 0.387 e. The molecule has 25 heavy (non-hydrogen) atoms. The van der Waals surface area contributed by atoms with E-state index in [0.29, 0.717) is 18.8 Å². The Morgan fingerprint density at radius 1 is 1.28 bits per heavy atom. The summed E-state index contributed by atoms with van der Waals surface area (Å²) in [6.45, 7) is -1.56. The van der Waals surface area contributed by atoms with E-state index in [4.69, 9.17) is 4.74 Å². The zero-order valence-corrected chi connectivity index (χ0v) is 13.9. The summed E-state index contributed by atoms with van der Waals surface area (Å²) in [5.41, 5.74) is 0.641. The third kappa shape index (κ3) is 3.42. The van der Waals surface area contributed by atoms with Crippen LogP contribution in [0, 0.1) is 5.92 Å². The fraction of sp³-hybridized carbons (Fsp3) is 0.611. The number of halogens is 2. The van der Waals surface area contributed by atoms with Crippen LogP contribution in [0.25, 0.3) is 0 Å². The van der Waals surface area contributed by atoms with E-state index < -0.39 is 6.61 Å². The number of hydrogen-bond acceptors (Lipinski definition) is 4. The Labute approximate surface area is 145 Å². The second-order valence-corrected chi connectivity index (χ2v) is 7.00. The molecule has 4 atom stereocenters. The lowest BCUT2D eigenvalue weighted by atomic mass is 9.88. The van der Waals surface area contributed by atoms with Crippen molar-refractivity contribution in [1.82, 2.24) is 5.32 Å². The maximum absolute atomic E-state index is 12.6. The first-order chi connectivity index (χ1) is 12.1. The van der Waals surface area contributed by atoms with Crippen molar-refractivity contribution >= 4 is 11.6 Å². The van der Waals surface area contributed by atoms with Crippen molar-refractivity contribution in [1.29, 1.82) is 0 Å². The molecule has 3 aliphatic heterocycles. The Kier molecular flexibility index (Phi) is 4.50. The van der Waals surface area contributed by atoms with Crippen LogP contribution in [-0.4, -0.2) is 43.9 Å². The summed E-state index contributed by atoms with van der Waals surface area (Å²) >= 11 is 0. The van der Waals surface area contributed by atoms with Crippen LogP contribution in [-0.2, 0) is 9.53 Å². The third-order valence-corrected chi connectivity index (χ3v) is 5.40. The molecular formula is C18H22F2N2O3. The van der Waals surface area contributed by atoms with Gasteiger partial charge in [-0.2, -0.15) is 8.78 Å². The van der Waals surface area contributed by atoms with Crippen molar-refractivity contribution in [3.8, 4) is 5.75 Å². The highest BCUT2D eigenvalue weighted by Gasteiger charge is 2.45. The van der Waals surface area contributed by atoms with Gasteiger partial charge in [0.25, 0.3) is 0 Å². The highest BCUT2D eigenvalue weighted by molar-refractivity contribution is 5.80. The SMILES string of the molecule is O=C(N[C@@H]1CCN(c2ccccc2OC(F)F)C1)[C@H]1C[C@H]2CC[C@H]1O2. The highest BCUT2D eigenvalue weighted by Crippen LogP contribution is 2.39. The number of benzene rings is 1. The van der Waals surface area contributed by atoms with E-state index in [1.165, 1.54) is 0 Å². The van der Waals surface area contributed by atoms with E-state index in [0.717, 1.165) is 25.7 Å². The molecule has 0 saturated carbocycles. The van der Waals surface area contributed by atoms with Gasteiger partial charge in [-0.15, -0.1) is 0 Å². The number of rotatable bonds is 5. The van der Waals surface area contributed by atoms with Crippen molar-refractivity contribution < 1.29 is 23.0 Å². The zero-order chi connectivity index (χ0) is 17.4. The fourth-order valence-corrected chi connectivity index (χ4v) is 4.23. The van der Waals surface area contributed by atoms with Crippen molar-refractivity contribution in [2.75, 3.05) is 18.0 Å². The standard InChI is InChI=1S/C18H22F2N2O3/c19-18(20)25-16-4-2-1-3-14(16)22-8-7-11(10-22)21-17(23)13-9-12-5-6-15(13)24-12/h1-4,11-13,15,18H,5-10H2,(H,21,23)/t11-,12-,13+,15-/m1/s1. The van der Waals surface area contributed by atoms with Gasteiger partial charge in [0.05, 0.1) is 23.8 Å². The van der Waals surface area contributed by atoms with Gasteiger partial charge >= 0.3 is 6.61 Å². The summed E-state index contributed by atoms with van der Waals surface area (Å²) < 4.78 is 35.5. The molecule has 1 aromatic carbocycles. The molecule has 4 rings (SSSR count). The van der Waals surface area contributed by atoms with Crippen LogP contribution in [0.2, 0.25) is 0 Å². The molecule has 1 aromatic rings. The molecule has 3 heterocycles. The molecule has 0 spiro atoms. The minimum absolute atomic E-state index is 0.0197. The van der Waals surface area contributed by atoms with E-state index in [9.17, 15) is 13.6 Å². The van der Waals surface area contributed by atoms with E-state index in [1.54, 1.807) is 24.3 Å². The first kappa shape index (κ1) is 16.6. The molecular weight excluding hydrogens is 330 g/mol. The van der Waals surface area contributed by atoms with Gasteiger partial charge < -0.3 is 19.7 Å². The van der Waals surface area contributed by atoms with Crippen molar-refractivity contribution in [3.63, 3.8) is 0 Å². The lowest BCUT2D eigenvalue weighted by Gasteiger charge is -2.23. The molecule has 136 valence electrons. The maximum atomic E-state index is 12.6. The van der Waals surface area contributed by atoms with Crippen LogP contribution in [0.5, 0.6) is 5.75 Å².